The number of para-hydroxylation sites is 1. The van der Waals surface area contributed by atoms with Crippen LogP contribution in [0, 0.1) is 13.8 Å². The van der Waals surface area contributed by atoms with Gasteiger partial charge in [0.25, 0.3) is 0 Å². The first kappa shape index (κ1) is 11.7. The van der Waals surface area contributed by atoms with Gasteiger partial charge in [0.1, 0.15) is 5.75 Å². The van der Waals surface area contributed by atoms with Crippen molar-refractivity contribution in [2.24, 2.45) is 0 Å². The molecule has 0 aliphatic carbocycles. The van der Waals surface area contributed by atoms with E-state index in [0.29, 0.717) is 0 Å². The molecule has 0 spiro atoms. The molecule has 0 N–H and O–H groups in total. The average Bonchev–Trinajstić information content (AvgIpc) is 2.80. The van der Waals surface area contributed by atoms with Crippen LogP contribution in [0.15, 0.2) is 48.5 Å². The predicted molar refractivity (Wildman–Crippen MR) is 71.6 cm³/mol. The van der Waals surface area contributed by atoms with Gasteiger partial charge in [-0.05, 0) is 25.0 Å². The summed E-state index contributed by atoms with van der Waals surface area (Å²) in [6.07, 6.45) is 1.08. The Balaban J connectivity index is 0.000000136. The molecule has 1 aliphatic rings. The zero-order chi connectivity index (χ0) is 12.1. The molecule has 1 heteroatoms. The van der Waals surface area contributed by atoms with Crippen LogP contribution >= 0.6 is 0 Å². The average molecular weight is 226 g/mol. The van der Waals surface area contributed by atoms with Gasteiger partial charge in [0, 0.05) is 6.42 Å². The molecule has 1 aliphatic heterocycles. The number of aryl methyl sites for hydroxylation is 2. The zero-order valence-electron chi connectivity index (χ0n) is 10.4. The minimum atomic E-state index is 0.861. The molecular formula is C16H18O. The van der Waals surface area contributed by atoms with Gasteiger partial charge in [0.15, 0.2) is 0 Å². The van der Waals surface area contributed by atoms with Crippen molar-refractivity contribution < 1.29 is 4.74 Å². The van der Waals surface area contributed by atoms with Crippen LogP contribution < -0.4 is 4.74 Å². The Hall–Kier alpha value is -1.76. The van der Waals surface area contributed by atoms with Gasteiger partial charge in [-0.15, -0.1) is 0 Å². The lowest BCUT2D eigenvalue weighted by Crippen LogP contribution is -1.87. The number of benzene rings is 2. The van der Waals surface area contributed by atoms with E-state index in [1.165, 1.54) is 16.7 Å². The summed E-state index contributed by atoms with van der Waals surface area (Å²) in [7, 11) is 0. The summed E-state index contributed by atoms with van der Waals surface area (Å²) in [6.45, 7) is 5.03. The van der Waals surface area contributed by atoms with Crippen molar-refractivity contribution in [1.82, 2.24) is 0 Å². The highest BCUT2D eigenvalue weighted by Crippen LogP contribution is 2.28. The lowest BCUT2D eigenvalue weighted by atomic mass is 10.1. The van der Waals surface area contributed by atoms with Gasteiger partial charge in [-0.1, -0.05) is 54.1 Å². The van der Waals surface area contributed by atoms with Crippen molar-refractivity contribution in [2.45, 2.75) is 20.3 Å². The summed E-state index contributed by atoms with van der Waals surface area (Å²) in [4.78, 5) is 0. The Morgan fingerprint density at radius 2 is 1.65 bits per heavy atom. The Bertz CT molecular complexity index is 474. The molecule has 2 aromatic rings. The number of fused-ring (bicyclic) bond motifs is 1. The van der Waals surface area contributed by atoms with Crippen LogP contribution in [0.4, 0.5) is 0 Å². The van der Waals surface area contributed by atoms with Crippen LogP contribution in [0.25, 0.3) is 0 Å². The smallest absolute Gasteiger partial charge is 0.125 e. The SMILES string of the molecule is Cc1cccc2c1OCC2.Cc1ccccc1. The summed E-state index contributed by atoms with van der Waals surface area (Å²) < 4.78 is 5.43. The van der Waals surface area contributed by atoms with Crippen molar-refractivity contribution in [2.75, 3.05) is 6.61 Å². The molecule has 3 rings (SSSR count). The summed E-state index contributed by atoms with van der Waals surface area (Å²) in [5, 5.41) is 0. The third-order valence-corrected chi connectivity index (χ3v) is 2.85. The van der Waals surface area contributed by atoms with Gasteiger partial charge in [0.05, 0.1) is 6.61 Å². The van der Waals surface area contributed by atoms with Crippen LogP contribution in [0.5, 0.6) is 5.75 Å². The standard InChI is InChI=1S/C9H10O.C7H8/c1-7-3-2-4-8-5-6-10-9(7)8;1-7-5-3-2-4-6-7/h2-4H,5-6H2,1H3;2-6H,1H3. The highest BCUT2D eigenvalue weighted by Gasteiger charge is 2.12. The Kier molecular flexibility index (Phi) is 3.81. The fraction of sp³-hybridized carbons (Fsp3) is 0.250. The molecule has 0 atom stereocenters. The van der Waals surface area contributed by atoms with Crippen LogP contribution in [0.1, 0.15) is 16.7 Å². The van der Waals surface area contributed by atoms with E-state index < -0.39 is 0 Å². The highest BCUT2D eigenvalue weighted by molar-refractivity contribution is 5.42. The fourth-order valence-electron chi connectivity index (χ4n) is 1.91. The number of rotatable bonds is 0. The van der Waals surface area contributed by atoms with E-state index in [4.69, 9.17) is 4.74 Å². The summed E-state index contributed by atoms with van der Waals surface area (Å²) >= 11 is 0. The minimum Gasteiger partial charge on any atom is -0.493 e. The third kappa shape index (κ3) is 3.10. The maximum Gasteiger partial charge on any atom is 0.125 e. The molecule has 0 amide bonds. The first-order valence-electron chi connectivity index (χ1n) is 6.00. The molecule has 2 aromatic carbocycles. The van der Waals surface area contributed by atoms with Crippen LogP contribution in [-0.2, 0) is 6.42 Å². The predicted octanol–water partition coefficient (Wildman–Crippen LogP) is 3.92. The molecule has 0 fully saturated rings. The number of ether oxygens (including phenoxy) is 1. The van der Waals surface area contributed by atoms with Crippen molar-refractivity contribution in [3.8, 4) is 5.75 Å². The molecule has 0 radical (unpaired) electrons. The Morgan fingerprint density at radius 3 is 2.24 bits per heavy atom. The first-order valence-corrected chi connectivity index (χ1v) is 6.00. The Labute approximate surface area is 103 Å². The molecule has 0 saturated carbocycles. The molecule has 1 nitrogen and oxygen atoms in total. The van der Waals surface area contributed by atoms with Crippen LogP contribution in [0.3, 0.4) is 0 Å². The summed E-state index contributed by atoms with van der Waals surface area (Å²) in [6, 6.07) is 16.6. The van der Waals surface area contributed by atoms with E-state index in [9.17, 15) is 0 Å². The zero-order valence-corrected chi connectivity index (χ0v) is 10.4. The molecule has 0 bridgehead atoms. The van der Waals surface area contributed by atoms with E-state index in [2.05, 4.69) is 44.2 Å². The molecule has 0 unspecified atom stereocenters. The second-order valence-electron chi connectivity index (χ2n) is 4.32. The number of hydrogen-bond acceptors (Lipinski definition) is 1. The molecule has 1 heterocycles. The van der Waals surface area contributed by atoms with Gasteiger partial charge in [0.2, 0.25) is 0 Å². The van der Waals surface area contributed by atoms with E-state index in [0.717, 1.165) is 18.8 Å². The van der Waals surface area contributed by atoms with Crippen molar-refractivity contribution in [3.05, 3.63) is 65.2 Å². The van der Waals surface area contributed by atoms with Gasteiger partial charge in [-0.2, -0.15) is 0 Å². The first-order chi connectivity index (χ1) is 8.27. The van der Waals surface area contributed by atoms with Gasteiger partial charge < -0.3 is 4.74 Å². The van der Waals surface area contributed by atoms with Gasteiger partial charge >= 0.3 is 0 Å². The van der Waals surface area contributed by atoms with Gasteiger partial charge in [-0.3, -0.25) is 0 Å². The summed E-state index contributed by atoms with van der Waals surface area (Å²) in [5.74, 6) is 1.11. The minimum absolute atomic E-state index is 0.861. The maximum absolute atomic E-state index is 5.43. The lowest BCUT2D eigenvalue weighted by Gasteiger charge is -2.00. The molecule has 0 saturated heterocycles. The van der Waals surface area contributed by atoms with Crippen molar-refractivity contribution >= 4 is 0 Å². The monoisotopic (exact) mass is 226 g/mol. The lowest BCUT2D eigenvalue weighted by molar-refractivity contribution is 0.354. The van der Waals surface area contributed by atoms with Gasteiger partial charge in [-0.25, -0.2) is 0 Å². The Morgan fingerprint density at radius 1 is 0.882 bits per heavy atom. The van der Waals surface area contributed by atoms with E-state index in [1.54, 1.807) is 0 Å². The van der Waals surface area contributed by atoms with Crippen molar-refractivity contribution in [3.63, 3.8) is 0 Å². The van der Waals surface area contributed by atoms with Crippen LogP contribution in [0.2, 0.25) is 0 Å². The van der Waals surface area contributed by atoms with E-state index in [-0.39, 0.29) is 0 Å². The van der Waals surface area contributed by atoms with E-state index in [1.807, 2.05) is 18.2 Å². The highest BCUT2D eigenvalue weighted by atomic mass is 16.5. The second-order valence-corrected chi connectivity index (χ2v) is 4.32. The van der Waals surface area contributed by atoms with Crippen molar-refractivity contribution in [1.29, 1.82) is 0 Å². The second kappa shape index (κ2) is 5.53. The molecular weight excluding hydrogens is 208 g/mol. The quantitative estimate of drug-likeness (QED) is 0.661. The van der Waals surface area contributed by atoms with E-state index >= 15 is 0 Å². The largest absolute Gasteiger partial charge is 0.493 e. The maximum atomic E-state index is 5.43. The summed E-state index contributed by atoms with van der Waals surface area (Å²) in [5.41, 5.74) is 3.94. The fourth-order valence-corrected chi connectivity index (χ4v) is 1.91. The third-order valence-electron chi connectivity index (χ3n) is 2.85. The topological polar surface area (TPSA) is 9.23 Å². The van der Waals surface area contributed by atoms with Crippen LogP contribution in [-0.4, -0.2) is 6.61 Å². The molecule has 88 valence electrons. The number of hydrogen-bond donors (Lipinski definition) is 0. The molecule has 17 heavy (non-hydrogen) atoms. The normalized spacial score (nSPS) is 12.1. The molecule has 0 aromatic heterocycles.